The number of rotatable bonds is 2. The molecule has 1 radical (unpaired) electrons. The van der Waals surface area contributed by atoms with Gasteiger partial charge in [-0.15, -0.1) is 23.2 Å². The van der Waals surface area contributed by atoms with Crippen LogP contribution in [0.1, 0.15) is 6.92 Å². The Balaban J connectivity index is 3.34. The first-order chi connectivity index (χ1) is 3.63. The third kappa shape index (κ3) is 6.32. The zero-order chi connectivity index (χ0) is 6.57. The van der Waals surface area contributed by atoms with Crippen molar-refractivity contribution in [3.05, 3.63) is 19.1 Å². The molecule has 0 saturated carbocycles. The largest absolute Gasteiger partial charge is 0.119 e. The van der Waals surface area contributed by atoms with Crippen molar-refractivity contribution >= 4 is 23.2 Å². The highest BCUT2D eigenvalue weighted by Gasteiger charge is 1.88. The minimum absolute atomic E-state index is 0.0537. The molecule has 2 heteroatoms. The molecule has 0 nitrogen and oxygen atoms in total. The van der Waals surface area contributed by atoms with Crippen molar-refractivity contribution in [1.82, 2.24) is 0 Å². The lowest BCUT2D eigenvalue weighted by molar-refractivity contribution is 1.21. The molecule has 0 aliphatic carbocycles. The lowest BCUT2D eigenvalue weighted by atomic mass is 10.3. The van der Waals surface area contributed by atoms with E-state index in [-0.39, 0.29) is 10.8 Å². The molecule has 0 saturated heterocycles. The van der Waals surface area contributed by atoms with Gasteiger partial charge in [-0.05, 0) is 13.8 Å². The van der Waals surface area contributed by atoms with Crippen LogP contribution < -0.4 is 0 Å². The van der Waals surface area contributed by atoms with Gasteiger partial charge in [0.1, 0.15) is 0 Å². The van der Waals surface area contributed by atoms with Gasteiger partial charge in [0.15, 0.2) is 0 Å². The minimum Gasteiger partial charge on any atom is -0.119 e. The highest BCUT2D eigenvalue weighted by Crippen LogP contribution is 1.99. The summed E-state index contributed by atoms with van der Waals surface area (Å²) in [5.74, 6) is 0. The van der Waals surface area contributed by atoms with Crippen LogP contribution in [0.2, 0.25) is 0 Å². The Morgan fingerprint density at radius 3 is 2.00 bits per heavy atom. The van der Waals surface area contributed by atoms with Crippen LogP contribution in [0, 0.1) is 6.92 Å². The van der Waals surface area contributed by atoms with Crippen LogP contribution in [0.3, 0.4) is 0 Å². The summed E-state index contributed by atoms with van der Waals surface area (Å²) in [6, 6.07) is 0. The quantitative estimate of drug-likeness (QED) is 0.421. The van der Waals surface area contributed by atoms with E-state index in [1.54, 1.807) is 6.08 Å². The van der Waals surface area contributed by atoms with Crippen LogP contribution >= 0.6 is 23.2 Å². The maximum absolute atomic E-state index is 5.55. The van der Waals surface area contributed by atoms with Crippen LogP contribution in [0.4, 0.5) is 0 Å². The van der Waals surface area contributed by atoms with Gasteiger partial charge in [-0.2, -0.15) is 0 Å². The predicted molar refractivity (Wildman–Crippen MR) is 39.5 cm³/mol. The summed E-state index contributed by atoms with van der Waals surface area (Å²) >= 11 is 11.0. The molecule has 8 heavy (non-hydrogen) atoms. The highest BCUT2D eigenvalue weighted by atomic mass is 35.5. The third-order valence-electron chi connectivity index (χ3n) is 0.585. The van der Waals surface area contributed by atoms with Crippen LogP contribution in [0.5, 0.6) is 0 Å². The van der Waals surface area contributed by atoms with Crippen molar-refractivity contribution in [3.8, 4) is 0 Å². The second-order valence-electron chi connectivity index (χ2n) is 1.58. The van der Waals surface area contributed by atoms with Gasteiger partial charge in [-0.3, -0.25) is 0 Å². The predicted octanol–water partition coefficient (Wildman–Crippen LogP) is 2.61. The van der Waals surface area contributed by atoms with Crippen molar-refractivity contribution in [2.75, 3.05) is 0 Å². The molecule has 0 N–H and O–H groups in total. The van der Waals surface area contributed by atoms with E-state index in [0.29, 0.717) is 0 Å². The first-order valence-electron chi connectivity index (χ1n) is 2.42. The Labute approximate surface area is 60.5 Å². The molecule has 0 amide bonds. The first-order valence-corrected chi connectivity index (χ1v) is 3.29. The summed E-state index contributed by atoms with van der Waals surface area (Å²) in [5, 5.41) is -0.103. The fourth-order valence-electron chi connectivity index (χ4n) is 0.274. The monoisotopic (exact) mass is 151 g/mol. The Kier molecular flexibility index (Phi) is 4.39. The molecule has 47 valence electrons. The van der Waals surface area contributed by atoms with Gasteiger partial charge in [0.25, 0.3) is 0 Å². The molecule has 0 spiro atoms. The average molecular weight is 152 g/mol. The lowest BCUT2D eigenvalue weighted by Crippen LogP contribution is -1.86. The van der Waals surface area contributed by atoms with Gasteiger partial charge in [0, 0.05) is 5.38 Å². The second kappa shape index (κ2) is 4.22. The molecule has 0 fully saturated rings. The molecule has 2 atom stereocenters. The number of halogens is 2. The molecule has 0 heterocycles. The van der Waals surface area contributed by atoms with Crippen molar-refractivity contribution in [2.24, 2.45) is 0 Å². The van der Waals surface area contributed by atoms with E-state index < -0.39 is 0 Å². The molecule has 0 aromatic heterocycles. The Morgan fingerprint density at radius 2 is 1.88 bits per heavy atom. The summed E-state index contributed by atoms with van der Waals surface area (Å²) in [6.45, 7) is 5.40. The molecule has 0 aromatic carbocycles. The van der Waals surface area contributed by atoms with Crippen LogP contribution in [0.15, 0.2) is 12.2 Å². The van der Waals surface area contributed by atoms with Gasteiger partial charge < -0.3 is 0 Å². The number of hydrogen-bond acceptors (Lipinski definition) is 0. The third-order valence-corrected chi connectivity index (χ3v) is 0.876. The normalized spacial score (nSPS) is 19.0. The molecular formula is C6H9Cl2. The Bertz CT molecular complexity index is 64.6. The van der Waals surface area contributed by atoms with E-state index in [1.165, 1.54) is 0 Å². The number of hydrogen-bond donors (Lipinski definition) is 0. The fourth-order valence-corrected chi connectivity index (χ4v) is 0.442. The molecule has 0 rings (SSSR count). The van der Waals surface area contributed by atoms with Gasteiger partial charge >= 0.3 is 0 Å². The zero-order valence-corrected chi connectivity index (χ0v) is 6.28. The molecule has 0 aliphatic rings. The number of alkyl halides is 2. The summed E-state index contributed by atoms with van der Waals surface area (Å²) in [4.78, 5) is 0. The Morgan fingerprint density at radius 1 is 1.38 bits per heavy atom. The van der Waals surface area contributed by atoms with Crippen molar-refractivity contribution < 1.29 is 0 Å². The average Bonchev–Trinajstić information content (AvgIpc) is 1.61. The number of allylic oxidation sites excluding steroid dienone is 2. The highest BCUT2D eigenvalue weighted by molar-refractivity contribution is 6.23. The van der Waals surface area contributed by atoms with E-state index in [0.717, 1.165) is 0 Å². The molecule has 2 unspecified atom stereocenters. The van der Waals surface area contributed by atoms with Gasteiger partial charge in [0.2, 0.25) is 0 Å². The van der Waals surface area contributed by atoms with Gasteiger partial charge in [-0.25, -0.2) is 0 Å². The van der Waals surface area contributed by atoms with E-state index in [1.807, 2.05) is 13.0 Å². The van der Waals surface area contributed by atoms with Crippen LogP contribution in [0.25, 0.3) is 0 Å². The SMILES string of the molecule is [CH2]C(Cl)C=CC(C)Cl. The minimum atomic E-state index is -0.156. The van der Waals surface area contributed by atoms with Crippen molar-refractivity contribution in [2.45, 2.75) is 17.7 Å². The van der Waals surface area contributed by atoms with E-state index in [4.69, 9.17) is 23.2 Å². The first kappa shape index (κ1) is 8.32. The standard InChI is InChI=1S/C6H9Cl2/c1-5(7)3-4-6(2)8/h3-6H,1H2,2H3. The summed E-state index contributed by atoms with van der Waals surface area (Å²) in [5.41, 5.74) is 0. The summed E-state index contributed by atoms with van der Waals surface area (Å²) in [6.07, 6.45) is 3.57. The van der Waals surface area contributed by atoms with E-state index >= 15 is 0 Å². The van der Waals surface area contributed by atoms with Gasteiger partial charge in [0.05, 0.1) is 5.38 Å². The van der Waals surface area contributed by atoms with Crippen LogP contribution in [-0.2, 0) is 0 Å². The smallest absolute Gasteiger partial charge is 0.0517 e. The van der Waals surface area contributed by atoms with E-state index in [9.17, 15) is 0 Å². The molecular weight excluding hydrogens is 143 g/mol. The zero-order valence-electron chi connectivity index (χ0n) is 4.77. The Hall–Kier alpha value is 0.320. The molecule has 0 aromatic rings. The topological polar surface area (TPSA) is 0 Å². The molecule has 0 bridgehead atoms. The lowest BCUT2D eigenvalue weighted by Gasteiger charge is -1.92. The summed E-state index contributed by atoms with van der Waals surface area (Å²) < 4.78 is 0. The summed E-state index contributed by atoms with van der Waals surface area (Å²) in [7, 11) is 0. The molecule has 0 aliphatic heterocycles. The fraction of sp³-hybridized carbons (Fsp3) is 0.500. The maximum atomic E-state index is 5.55. The second-order valence-corrected chi connectivity index (χ2v) is 2.83. The maximum Gasteiger partial charge on any atom is 0.0517 e. The van der Waals surface area contributed by atoms with Crippen LogP contribution in [-0.4, -0.2) is 10.8 Å². The van der Waals surface area contributed by atoms with Crippen molar-refractivity contribution in [1.29, 1.82) is 0 Å². The van der Waals surface area contributed by atoms with Gasteiger partial charge in [-0.1, -0.05) is 12.2 Å². The van der Waals surface area contributed by atoms with Crippen molar-refractivity contribution in [3.63, 3.8) is 0 Å². The van der Waals surface area contributed by atoms with E-state index in [2.05, 4.69) is 6.92 Å².